The standard InChI is InChI=1S/C11H9BrFNO/c1-2-3-6-14-11(15)8-4-5-9(12)10(13)7-8/h1,4-5,7H,3,6H2,(H,14,15). The third-order valence-corrected chi connectivity index (χ3v) is 2.38. The summed E-state index contributed by atoms with van der Waals surface area (Å²) in [7, 11) is 0. The van der Waals surface area contributed by atoms with E-state index in [2.05, 4.69) is 27.2 Å². The molecule has 1 N–H and O–H groups in total. The van der Waals surface area contributed by atoms with Crippen molar-refractivity contribution in [3.8, 4) is 12.3 Å². The lowest BCUT2D eigenvalue weighted by Gasteiger charge is -2.03. The van der Waals surface area contributed by atoms with E-state index in [0.717, 1.165) is 0 Å². The summed E-state index contributed by atoms with van der Waals surface area (Å²) in [4.78, 5) is 11.4. The molecule has 0 bridgehead atoms. The Morgan fingerprint density at radius 3 is 2.93 bits per heavy atom. The number of halogens is 2. The van der Waals surface area contributed by atoms with E-state index < -0.39 is 5.82 Å². The molecule has 1 aromatic carbocycles. The van der Waals surface area contributed by atoms with Gasteiger partial charge in [0, 0.05) is 18.5 Å². The maximum atomic E-state index is 13.1. The normalized spacial score (nSPS) is 9.40. The first-order chi connectivity index (χ1) is 7.15. The van der Waals surface area contributed by atoms with Gasteiger partial charge in [-0.05, 0) is 34.1 Å². The predicted octanol–water partition coefficient (Wildman–Crippen LogP) is 2.34. The number of terminal acetylenes is 1. The number of nitrogens with one attached hydrogen (secondary N) is 1. The van der Waals surface area contributed by atoms with Crippen LogP contribution < -0.4 is 5.32 Å². The molecular formula is C11H9BrFNO. The highest BCUT2D eigenvalue weighted by atomic mass is 79.9. The molecule has 0 aliphatic carbocycles. The Hall–Kier alpha value is -1.34. The van der Waals surface area contributed by atoms with Crippen molar-refractivity contribution in [1.82, 2.24) is 5.32 Å². The van der Waals surface area contributed by atoms with E-state index in [1.54, 1.807) is 6.07 Å². The summed E-state index contributed by atoms with van der Waals surface area (Å²) in [5.74, 6) is 1.62. The summed E-state index contributed by atoms with van der Waals surface area (Å²) in [6.45, 7) is 0.396. The molecule has 15 heavy (non-hydrogen) atoms. The second-order valence-corrected chi connectivity index (χ2v) is 3.69. The van der Waals surface area contributed by atoms with E-state index >= 15 is 0 Å². The third-order valence-electron chi connectivity index (χ3n) is 1.74. The molecular weight excluding hydrogens is 261 g/mol. The van der Waals surface area contributed by atoms with Crippen molar-refractivity contribution in [3.63, 3.8) is 0 Å². The molecule has 0 aliphatic rings. The van der Waals surface area contributed by atoms with Crippen LogP contribution in [0, 0.1) is 18.2 Å². The lowest BCUT2D eigenvalue weighted by Crippen LogP contribution is -2.24. The molecule has 1 amide bonds. The van der Waals surface area contributed by atoms with Gasteiger partial charge in [0.2, 0.25) is 0 Å². The van der Waals surface area contributed by atoms with Gasteiger partial charge in [-0.25, -0.2) is 4.39 Å². The average Bonchev–Trinajstić information content (AvgIpc) is 2.22. The van der Waals surface area contributed by atoms with Crippen molar-refractivity contribution in [2.75, 3.05) is 6.54 Å². The molecule has 1 rings (SSSR count). The summed E-state index contributed by atoms with van der Waals surface area (Å²) in [5.41, 5.74) is 0.285. The van der Waals surface area contributed by atoms with Crippen LogP contribution >= 0.6 is 15.9 Å². The smallest absolute Gasteiger partial charge is 0.251 e. The van der Waals surface area contributed by atoms with Gasteiger partial charge >= 0.3 is 0 Å². The molecule has 0 atom stereocenters. The topological polar surface area (TPSA) is 29.1 Å². The molecule has 4 heteroatoms. The van der Waals surface area contributed by atoms with E-state index in [1.165, 1.54) is 12.1 Å². The largest absolute Gasteiger partial charge is 0.351 e. The van der Waals surface area contributed by atoms with Crippen LogP contribution in [0.4, 0.5) is 4.39 Å². The number of rotatable bonds is 3. The van der Waals surface area contributed by atoms with Crippen LogP contribution in [0.1, 0.15) is 16.8 Å². The number of amides is 1. The molecule has 0 aromatic heterocycles. The number of carbonyl (C=O) groups excluding carboxylic acids is 1. The molecule has 2 nitrogen and oxygen atoms in total. The minimum atomic E-state index is -0.459. The highest BCUT2D eigenvalue weighted by molar-refractivity contribution is 9.10. The first-order valence-corrected chi connectivity index (χ1v) is 5.11. The number of benzene rings is 1. The van der Waals surface area contributed by atoms with Crippen molar-refractivity contribution in [1.29, 1.82) is 0 Å². The van der Waals surface area contributed by atoms with Crippen molar-refractivity contribution in [2.45, 2.75) is 6.42 Å². The quantitative estimate of drug-likeness (QED) is 0.663. The van der Waals surface area contributed by atoms with Gasteiger partial charge in [-0.15, -0.1) is 12.3 Å². The second kappa shape index (κ2) is 5.52. The fourth-order valence-corrected chi connectivity index (χ4v) is 1.23. The van der Waals surface area contributed by atoms with Crippen molar-refractivity contribution in [2.24, 2.45) is 0 Å². The molecule has 78 valence electrons. The summed E-state index contributed by atoms with van der Waals surface area (Å²) in [5, 5.41) is 2.58. The summed E-state index contributed by atoms with van der Waals surface area (Å²) in [6, 6.07) is 4.21. The third kappa shape index (κ3) is 3.37. The molecule has 0 spiro atoms. The van der Waals surface area contributed by atoms with Crippen LogP contribution in [-0.2, 0) is 0 Å². The molecule has 0 fully saturated rings. The van der Waals surface area contributed by atoms with Gasteiger partial charge in [-0.1, -0.05) is 0 Å². The molecule has 1 aromatic rings. The fourth-order valence-electron chi connectivity index (χ4n) is 0.988. The van der Waals surface area contributed by atoms with Gasteiger partial charge in [0.15, 0.2) is 0 Å². The van der Waals surface area contributed by atoms with Crippen LogP contribution in [0.15, 0.2) is 22.7 Å². The maximum absolute atomic E-state index is 13.1. The Labute approximate surface area is 96.0 Å². The lowest BCUT2D eigenvalue weighted by atomic mass is 10.2. The van der Waals surface area contributed by atoms with E-state index in [1.807, 2.05) is 0 Å². The van der Waals surface area contributed by atoms with Crippen LogP contribution in [0.2, 0.25) is 0 Å². The first-order valence-electron chi connectivity index (χ1n) is 4.32. The van der Waals surface area contributed by atoms with Crippen LogP contribution in [-0.4, -0.2) is 12.5 Å². The zero-order valence-corrected chi connectivity index (χ0v) is 9.47. The minimum Gasteiger partial charge on any atom is -0.351 e. The van der Waals surface area contributed by atoms with Crippen LogP contribution in [0.25, 0.3) is 0 Å². The Morgan fingerprint density at radius 1 is 1.60 bits per heavy atom. The van der Waals surface area contributed by atoms with Gasteiger partial charge in [-0.2, -0.15) is 0 Å². The average molecular weight is 270 g/mol. The van der Waals surface area contributed by atoms with E-state index in [9.17, 15) is 9.18 Å². The van der Waals surface area contributed by atoms with E-state index in [-0.39, 0.29) is 11.5 Å². The molecule has 0 unspecified atom stereocenters. The Balaban J connectivity index is 2.67. The molecule has 0 saturated heterocycles. The van der Waals surface area contributed by atoms with Gasteiger partial charge < -0.3 is 5.32 Å². The Kier molecular flexibility index (Phi) is 4.32. The molecule has 0 heterocycles. The zero-order valence-electron chi connectivity index (χ0n) is 7.89. The van der Waals surface area contributed by atoms with Crippen LogP contribution in [0.3, 0.4) is 0 Å². The number of carbonyl (C=O) groups is 1. The fraction of sp³-hybridized carbons (Fsp3) is 0.182. The van der Waals surface area contributed by atoms with Gasteiger partial charge in [0.05, 0.1) is 4.47 Å². The molecule has 0 aliphatic heterocycles. The van der Waals surface area contributed by atoms with Gasteiger partial charge in [-0.3, -0.25) is 4.79 Å². The lowest BCUT2D eigenvalue weighted by molar-refractivity contribution is 0.0954. The summed E-state index contributed by atoms with van der Waals surface area (Å²) >= 11 is 3.01. The second-order valence-electron chi connectivity index (χ2n) is 2.84. The van der Waals surface area contributed by atoms with Crippen molar-refractivity contribution >= 4 is 21.8 Å². The minimum absolute atomic E-state index is 0.285. The van der Waals surface area contributed by atoms with Crippen molar-refractivity contribution in [3.05, 3.63) is 34.1 Å². The number of hydrogen-bond acceptors (Lipinski definition) is 1. The summed E-state index contributed by atoms with van der Waals surface area (Å²) in [6.07, 6.45) is 5.49. The van der Waals surface area contributed by atoms with Crippen LogP contribution in [0.5, 0.6) is 0 Å². The highest BCUT2D eigenvalue weighted by Crippen LogP contribution is 2.16. The number of hydrogen-bond donors (Lipinski definition) is 1. The van der Waals surface area contributed by atoms with Gasteiger partial charge in [0.25, 0.3) is 5.91 Å². The maximum Gasteiger partial charge on any atom is 0.251 e. The first kappa shape index (κ1) is 11.7. The molecule has 0 saturated carbocycles. The molecule has 0 radical (unpaired) electrons. The van der Waals surface area contributed by atoms with Crippen molar-refractivity contribution < 1.29 is 9.18 Å². The summed E-state index contributed by atoms with van der Waals surface area (Å²) < 4.78 is 13.4. The zero-order chi connectivity index (χ0) is 11.3. The van der Waals surface area contributed by atoms with E-state index in [0.29, 0.717) is 17.4 Å². The Morgan fingerprint density at radius 2 is 2.33 bits per heavy atom. The SMILES string of the molecule is C#CCCNC(=O)c1ccc(Br)c(F)c1. The predicted molar refractivity (Wildman–Crippen MR) is 59.9 cm³/mol. The van der Waals surface area contributed by atoms with E-state index in [4.69, 9.17) is 6.42 Å². The van der Waals surface area contributed by atoms with Gasteiger partial charge in [0.1, 0.15) is 5.82 Å². The highest BCUT2D eigenvalue weighted by Gasteiger charge is 2.07. The Bertz CT molecular complexity index is 412. The monoisotopic (exact) mass is 269 g/mol.